The Balaban J connectivity index is 3.04. The van der Waals surface area contributed by atoms with Crippen LogP contribution in [0.25, 0.3) is 0 Å². The highest BCUT2D eigenvalue weighted by atomic mass is 32.1. The first kappa shape index (κ1) is 6.68. The van der Waals surface area contributed by atoms with Crippen LogP contribution in [0, 0.1) is 6.92 Å². The second kappa shape index (κ2) is 2.43. The minimum Gasteiger partial charge on any atom is -0.335 e. The fourth-order valence-electron chi connectivity index (χ4n) is 0.696. The molecule has 0 aromatic carbocycles. The van der Waals surface area contributed by atoms with Gasteiger partial charge >= 0.3 is 0 Å². The number of hydrogen-bond acceptors (Lipinski definition) is 2. The van der Waals surface area contributed by atoms with Crippen molar-refractivity contribution in [3.05, 3.63) is 17.7 Å². The Hall–Kier alpha value is -0.440. The third-order valence-electron chi connectivity index (χ3n) is 1.48. The standard InChI is InChI=1S/C6H10N2S/c1-5-7-3-6(4-9)8(5)2/h3,9H,4H2,1-2H3. The van der Waals surface area contributed by atoms with Crippen LogP contribution in [0.5, 0.6) is 0 Å². The lowest BCUT2D eigenvalue weighted by Crippen LogP contribution is -1.94. The van der Waals surface area contributed by atoms with Gasteiger partial charge in [-0.05, 0) is 6.92 Å². The number of imidazole rings is 1. The Bertz CT molecular complexity index is 205. The molecule has 0 saturated heterocycles. The number of rotatable bonds is 1. The molecule has 0 amide bonds. The highest BCUT2D eigenvalue weighted by Crippen LogP contribution is 2.03. The van der Waals surface area contributed by atoms with E-state index in [1.807, 2.05) is 24.7 Å². The van der Waals surface area contributed by atoms with Crippen LogP contribution in [0.15, 0.2) is 6.20 Å². The molecule has 0 saturated carbocycles. The number of aromatic nitrogens is 2. The predicted molar refractivity (Wildman–Crippen MR) is 40.6 cm³/mol. The third-order valence-corrected chi connectivity index (χ3v) is 1.80. The molecule has 1 aromatic heterocycles. The highest BCUT2D eigenvalue weighted by molar-refractivity contribution is 7.79. The van der Waals surface area contributed by atoms with Crippen LogP contribution in [0.3, 0.4) is 0 Å². The fourth-order valence-corrected chi connectivity index (χ4v) is 0.990. The summed E-state index contributed by atoms with van der Waals surface area (Å²) < 4.78 is 2.03. The summed E-state index contributed by atoms with van der Waals surface area (Å²) in [6, 6.07) is 0. The van der Waals surface area contributed by atoms with Gasteiger partial charge < -0.3 is 4.57 Å². The molecule has 1 heterocycles. The Labute approximate surface area is 60.3 Å². The molecule has 0 spiro atoms. The van der Waals surface area contributed by atoms with E-state index in [9.17, 15) is 0 Å². The molecular weight excluding hydrogens is 132 g/mol. The van der Waals surface area contributed by atoms with Crippen molar-refractivity contribution < 1.29 is 0 Å². The average molecular weight is 142 g/mol. The maximum Gasteiger partial charge on any atom is 0.105 e. The summed E-state index contributed by atoms with van der Waals surface area (Å²) in [7, 11) is 1.99. The van der Waals surface area contributed by atoms with E-state index in [0.717, 1.165) is 17.3 Å². The third kappa shape index (κ3) is 1.10. The molecule has 0 radical (unpaired) electrons. The smallest absolute Gasteiger partial charge is 0.105 e. The molecule has 0 N–H and O–H groups in total. The predicted octanol–water partition coefficient (Wildman–Crippen LogP) is 1.16. The number of hydrogen-bond donors (Lipinski definition) is 1. The first-order valence-electron chi connectivity index (χ1n) is 2.83. The number of thiol groups is 1. The fraction of sp³-hybridized carbons (Fsp3) is 0.500. The molecule has 0 aliphatic rings. The monoisotopic (exact) mass is 142 g/mol. The molecule has 0 unspecified atom stereocenters. The Morgan fingerprint density at radius 3 is 2.67 bits per heavy atom. The molecule has 50 valence electrons. The molecule has 0 bridgehead atoms. The van der Waals surface area contributed by atoms with Crippen LogP contribution in [0.1, 0.15) is 11.5 Å². The van der Waals surface area contributed by atoms with Crippen LogP contribution < -0.4 is 0 Å². The molecule has 0 aliphatic heterocycles. The van der Waals surface area contributed by atoms with Gasteiger partial charge in [0.15, 0.2) is 0 Å². The van der Waals surface area contributed by atoms with Crippen molar-refractivity contribution in [2.75, 3.05) is 0 Å². The molecule has 0 atom stereocenters. The van der Waals surface area contributed by atoms with Crippen molar-refractivity contribution in [1.82, 2.24) is 9.55 Å². The average Bonchev–Trinajstić information content (AvgIpc) is 2.15. The van der Waals surface area contributed by atoms with Crippen molar-refractivity contribution in [3.63, 3.8) is 0 Å². The zero-order valence-corrected chi connectivity index (χ0v) is 6.52. The van der Waals surface area contributed by atoms with E-state index in [2.05, 4.69) is 17.6 Å². The van der Waals surface area contributed by atoms with Gasteiger partial charge in [0.1, 0.15) is 5.82 Å². The Kier molecular flexibility index (Phi) is 1.81. The van der Waals surface area contributed by atoms with Crippen LogP contribution in [-0.4, -0.2) is 9.55 Å². The van der Waals surface area contributed by atoms with Crippen LogP contribution >= 0.6 is 12.6 Å². The first-order chi connectivity index (χ1) is 4.25. The molecule has 0 fully saturated rings. The van der Waals surface area contributed by atoms with Gasteiger partial charge in [0, 0.05) is 24.7 Å². The van der Waals surface area contributed by atoms with Crippen LogP contribution in [-0.2, 0) is 12.8 Å². The molecule has 1 aromatic rings. The number of nitrogens with zero attached hydrogens (tertiary/aromatic N) is 2. The lowest BCUT2D eigenvalue weighted by atomic mass is 10.5. The van der Waals surface area contributed by atoms with Crippen molar-refractivity contribution >= 4 is 12.6 Å². The molecule has 2 nitrogen and oxygen atoms in total. The van der Waals surface area contributed by atoms with Gasteiger partial charge in [-0.3, -0.25) is 0 Å². The lowest BCUT2D eigenvalue weighted by molar-refractivity contribution is 0.823. The van der Waals surface area contributed by atoms with Crippen molar-refractivity contribution in [1.29, 1.82) is 0 Å². The summed E-state index contributed by atoms with van der Waals surface area (Å²) in [6.45, 7) is 1.98. The second-order valence-corrected chi connectivity index (χ2v) is 2.33. The Morgan fingerprint density at radius 1 is 1.78 bits per heavy atom. The quantitative estimate of drug-likeness (QED) is 0.582. The zero-order chi connectivity index (χ0) is 6.85. The van der Waals surface area contributed by atoms with E-state index in [4.69, 9.17) is 0 Å². The highest BCUT2D eigenvalue weighted by Gasteiger charge is 1.97. The van der Waals surface area contributed by atoms with Gasteiger partial charge in [0.2, 0.25) is 0 Å². The minimum atomic E-state index is 0.761. The van der Waals surface area contributed by atoms with Crippen molar-refractivity contribution in [2.45, 2.75) is 12.7 Å². The molecule has 0 aliphatic carbocycles. The maximum absolute atomic E-state index is 4.13. The lowest BCUT2D eigenvalue weighted by Gasteiger charge is -1.97. The maximum atomic E-state index is 4.13. The van der Waals surface area contributed by atoms with Crippen molar-refractivity contribution in [3.8, 4) is 0 Å². The van der Waals surface area contributed by atoms with Gasteiger partial charge in [-0.15, -0.1) is 0 Å². The van der Waals surface area contributed by atoms with E-state index in [0.29, 0.717) is 0 Å². The van der Waals surface area contributed by atoms with Crippen molar-refractivity contribution in [2.24, 2.45) is 7.05 Å². The summed E-state index contributed by atoms with van der Waals surface area (Å²) >= 11 is 4.13. The topological polar surface area (TPSA) is 17.8 Å². The summed E-state index contributed by atoms with van der Waals surface area (Å²) in [5.74, 6) is 1.80. The van der Waals surface area contributed by atoms with Gasteiger partial charge in [0.05, 0.1) is 0 Å². The van der Waals surface area contributed by atoms with E-state index in [1.165, 1.54) is 0 Å². The van der Waals surface area contributed by atoms with Gasteiger partial charge in [-0.2, -0.15) is 12.6 Å². The SMILES string of the molecule is Cc1ncc(CS)n1C. The van der Waals surface area contributed by atoms with E-state index >= 15 is 0 Å². The zero-order valence-electron chi connectivity index (χ0n) is 5.63. The van der Waals surface area contributed by atoms with Crippen LogP contribution in [0.4, 0.5) is 0 Å². The Morgan fingerprint density at radius 2 is 2.44 bits per heavy atom. The van der Waals surface area contributed by atoms with E-state index in [-0.39, 0.29) is 0 Å². The summed E-state index contributed by atoms with van der Waals surface area (Å²) in [4.78, 5) is 4.10. The van der Waals surface area contributed by atoms with Gasteiger partial charge in [-0.25, -0.2) is 4.98 Å². The number of aryl methyl sites for hydroxylation is 1. The largest absolute Gasteiger partial charge is 0.335 e. The minimum absolute atomic E-state index is 0.761. The van der Waals surface area contributed by atoms with E-state index in [1.54, 1.807) is 0 Å². The van der Waals surface area contributed by atoms with E-state index < -0.39 is 0 Å². The van der Waals surface area contributed by atoms with Gasteiger partial charge in [-0.1, -0.05) is 0 Å². The molecular formula is C6H10N2S. The molecule has 1 rings (SSSR count). The molecule has 3 heteroatoms. The summed E-state index contributed by atoms with van der Waals surface area (Å²) in [5.41, 5.74) is 1.16. The van der Waals surface area contributed by atoms with Gasteiger partial charge in [0.25, 0.3) is 0 Å². The normalized spacial score (nSPS) is 10.1. The first-order valence-corrected chi connectivity index (χ1v) is 3.47. The molecule has 9 heavy (non-hydrogen) atoms. The van der Waals surface area contributed by atoms with Crippen LogP contribution in [0.2, 0.25) is 0 Å². The second-order valence-electron chi connectivity index (χ2n) is 2.01. The summed E-state index contributed by atoms with van der Waals surface area (Å²) in [5, 5.41) is 0. The summed E-state index contributed by atoms with van der Waals surface area (Å²) in [6.07, 6.45) is 1.85.